The lowest BCUT2D eigenvalue weighted by Gasteiger charge is -2.14. The predicted octanol–water partition coefficient (Wildman–Crippen LogP) is 13.6. The van der Waals surface area contributed by atoms with Crippen molar-refractivity contribution in [2.24, 2.45) is 0 Å². The molecule has 9 aromatic carbocycles. The van der Waals surface area contributed by atoms with Gasteiger partial charge in [0.15, 0.2) is 17.5 Å². The molecular formula is C51H31N3O. The molecule has 0 saturated heterocycles. The van der Waals surface area contributed by atoms with Crippen molar-refractivity contribution in [3.05, 3.63) is 188 Å². The molecule has 0 aliphatic carbocycles. The van der Waals surface area contributed by atoms with Gasteiger partial charge in [0.2, 0.25) is 0 Å². The van der Waals surface area contributed by atoms with Crippen LogP contribution in [0.15, 0.2) is 192 Å². The molecule has 0 bridgehead atoms. The zero-order valence-electron chi connectivity index (χ0n) is 29.6. The molecule has 55 heavy (non-hydrogen) atoms. The average molecular weight is 702 g/mol. The minimum Gasteiger partial charge on any atom is -0.455 e. The Balaban J connectivity index is 1.14. The van der Waals surface area contributed by atoms with E-state index in [0.717, 1.165) is 71.7 Å². The summed E-state index contributed by atoms with van der Waals surface area (Å²) < 4.78 is 6.91. The van der Waals surface area contributed by atoms with Crippen LogP contribution in [0.4, 0.5) is 0 Å². The van der Waals surface area contributed by atoms with Crippen molar-refractivity contribution in [3.63, 3.8) is 0 Å². The zero-order valence-corrected chi connectivity index (χ0v) is 29.6. The van der Waals surface area contributed by atoms with Gasteiger partial charge in [-0.3, -0.25) is 0 Å². The maximum Gasteiger partial charge on any atom is 0.164 e. The topological polar surface area (TPSA) is 51.8 Å². The molecule has 4 nitrogen and oxygen atoms in total. The monoisotopic (exact) mass is 701 g/mol. The maximum absolute atomic E-state index is 6.91. The standard InChI is InChI=1S/C51H31N3O/c1-3-15-33(16-4-1)49-52-50(34-17-5-2-6-18-34)54-51(53-49)43-29-28-41(39-22-11-12-23-40(39)43)42-24-13-25-45-47(42)44-31-36-20-9-10-21-38(36)46(48(44)55-45)37-27-26-32-14-7-8-19-35(32)30-37/h1-31H. The third-order valence-electron chi connectivity index (χ3n) is 10.7. The van der Waals surface area contributed by atoms with Crippen LogP contribution >= 0.6 is 0 Å². The first kappa shape index (κ1) is 31.1. The number of furan rings is 1. The minimum absolute atomic E-state index is 0.633. The Bertz CT molecular complexity index is 3200. The van der Waals surface area contributed by atoms with E-state index >= 15 is 0 Å². The maximum atomic E-state index is 6.91. The highest BCUT2D eigenvalue weighted by Gasteiger charge is 2.21. The fraction of sp³-hybridized carbons (Fsp3) is 0. The van der Waals surface area contributed by atoms with Gasteiger partial charge in [-0.2, -0.15) is 0 Å². The van der Waals surface area contributed by atoms with Crippen molar-refractivity contribution in [1.29, 1.82) is 0 Å². The summed E-state index contributed by atoms with van der Waals surface area (Å²) in [5.41, 5.74) is 9.07. The zero-order chi connectivity index (χ0) is 36.3. The average Bonchev–Trinajstić information content (AvgIpc) is 3.64. The Morgan fingerprint density at radius 2 is 0.909 bits per heavy atom. The van der Waals surface area contributed by atoms with Gasteiger partial charge in [-0.05, 0) is 73.3 Å². The summed E-state index contributed by atoms with van der Waals surface area (Å²) in [6, 6.07) is 65.7. The Morgan fingerprint density at radius 3 is 1.64 bits per heavy atom. The van der Waals surface area contributed by atoms with E-state index in [-0.39, 0.29) is 0 Å². The number of aromatic nitrogens is 3. The van der Waals surface area contributed by atoms with Crippen LogP contribution in [-0.2, 0) is 0 Å². The van der Waals surface area contributed by atoms with Crippen LogP contribution in [-0.4, -0.2) is 15.0 Å². The van der Waals surface area contributed by atoms with Crippen LogP contribution < -0.4 is 0 Å². The number of rotatable bonds is 5. The fourth-order valence-corrected chi connectivity index (χ4v) is 8.14. The van der Waals surface area contributed by atoms with Crippen LogP contribution in [0.25, 0.3) is 111 Å². The summed E-state index contributed by atoms with van der Waals surface area (Å²) in [4.78, 5) is 15.1. The molecule has 0 fully saturated rings. The lowest BCUT2D eigenvalue weighted by atomic mass is 9.90. The molecule has 4 heteroatoms. The van der Waals surface area contributed by atoms with Gasteiger partial charge in [-0.25, -0.2) is 15.0 Å². The van der Waals surface area contributed by atoms with E-state index in [4.69, 9.17) is 19.4 Å². The second-order valence-electron chi connectivity index (χ2n) is 13.9. The largest absolute Gasteiger partial charge is 0.455 e. The molecule has 0 atom stereocenters. The quantitative estimate of drug-likeness (QED) is 0.179. The van der Waals surface area contributed by atoms with Gasteiger partial charge in [0.1, 0.15) is 11.2 Å². The van der Waals surface area contributed by atoms with E-state index < -0.39 is 0 Å². The Morgan fingerprint density at radius 1 is 0.327 bits per heavy atom. The van der Waals surface area contributed by atoms with Gasteiger partial charge < -0.3 is 4.42 Å². The lowest BCUT2D eigenvalue weighted by Crippen LogP contribution is -2.00. The second kappa shape index (κ2) is 12.6. The Kier molecular flexibility index (Phi) is 7.14. The summed E-state index contributed by atoms with van der Waals surface area (Å²) in [6.45, 7) is 0. The molecule has 11 aromatic rings. The number of benzene rings is 9. The minimum atomic E-state index is 0.633. The van der Waals surface area contributed by atoms with E-state index in [1.165, 1.54) is 21.5 Å². The first-order valence-corrected chi connectivity index (χ1v) is 18.5. The molecule has 256 valence electrons. The van der Waals surface area contributed by atoms with Crippen LogP contribution in [0.1, 0.15) is 0 Å². The van der Waals surface area contributed by atoms with Gasteiger partial charge in [-0.1, -0.05) is 164 Å². The normalized spacial score (nSPS) is 11.6. The Hall–Kier alpha value is -7.43. The van der Waals surface area contributed by atoms with Gasteiger partial charge in [0, 0.05) is 33.0 Å². The van der Waals surface area contributed by atoms with Crippen molar-refractivity contribution >= 4 is 54.3 Å². The third kappa shape index (κ3) is 5.19. The summed E-state index contributed by atoms with van der Waals surface area (Å²) in [6.07, 6.45) is 0. The number of hydrogen-bond donors (Lipinski definition) is 0. The van der Waals surface area contributed by atoms with Gasteiger partial charge in [-0.15, -0.1) is 0 Å². The van der Waals surface area contributed by atoms with Crippen molar-refractivity contribution in [1.82, 2.24) is 15.0 Å². The van der Waals surface area contributed by atoms with Crippen molar-refractivity contribution in [2.45, 2.75) is 0 Å². The highest BCUT2D eigenvalue weighted by molar-refractivity contribution is 6.23. The molecule has 0 N–H and O–H groups in total. The summed E-state index contributed by atoms with van der Waals surface area (Å²) >= 11 is 0. The predicted molar refractivity (Wildman–Crippen MR) is 227 cm³/mol. The van der Waals surface area contributed by atoms with Crippen molar-refractivity contribution < 1.29 is 4.42 Å². The first-order chi connectivity index (χ1) is 27.3. The van der Waals surface area contributed by atoms with E-state index in [9.17, 15) is 0 Å². The molecule has 2 heterocycles. The molecule has 11 rings (SSSR count). The lowest BCUT2D eigenvalue weighted by molar-refractivity contribution is 0.670. The molecule has 0 radical (unpaired) electrons. The third-order valence-corrected chi connectivity index (χ3v) is 10.7. The van der Waals surface area contributed by atoms with Gasteiger partial charge in [0.25, 0.3) is 0 Å². The number of fused-ring (bicyclic) bond motifs is 6. The molecule has 2 aromatic heterocycles. The smallest absolute Gasteiger partial charge is 0.164 e. The van der Waals surface area contributed by atoms with Crippen molar-refractivity contribution in [3.8, 4) is 56.4 Å². The summed E-state index contributed by atoms with van der Waals surface area (Å²) in [5.74, 6) is 1.91. The number of nitrogens with zero attached hydrogens (tertiary/aromatic N) is 3. The van der Waals surface area contributed by atoms with Crippen LogP contribution in [0.3, 0.4) is 0 Å². The van der Waals surface area contributed by atoms with E-state index in [1.54, 1.807) is 0 Å². The van der Waals surface area contributed by atoms with E-state index in [0.29, 0.717) is 17.5 Å². The van der Waals surface area contributed by atoms with Gasteiger partial charge in [0.05, 0.1) is 0 Å². The summed E-state index contributed by atoms with van der Waals surface area (Å²) in [5, 5.41) is 9.14. The van der Waals surface area contributed by atoms with Gasteiger partial charge >= 0.3 is 0 Å². The van der Waals surface area contributed by atoms with Crippen LogP contribution in [0.5, 0.6) is 0 Å². The number of hydrogen-bond acceptors (Lipinski definition) is 4. The van der Waals surface area contributed by atoms with Crippen LogP contribution in [0, 0.1) is 0 Å². The molecule has 0 aliphatic heterocycles. The first-order valence-electron chi connectivity index (χ1n) is 18.5. The Labute approximate surface area is 317 Å². The molecule has 0 spiro atoms. The fourth-order valence-electron chi connectivity index (χ4n) is 8.14. The molecule has 0 unspecified atom stereocenters. The highest BCUT2D eigenvalue weighted by Crippen LogP contribution is 2.46. The van der Waals surface area contributed by atoms with E-state index in [1.807, 2.05) is 60.7 Å². The molecule has 0 amide bonds. The van der Waals surface area contributed by atoms with E-state index in [2.05, 4.69) is 127 Å². The van der Waals surface area contributed by atoms with Crippen LogP contribution in [0.2, 0.25) is 0 Å². The second-order valence-corrected chi connectivity index (χ2v) is 13.9. The van der Waals surface area contributed by atoms with Crippen molar-refractivity contribution in [2.75, 3.05) is 0 Å². The highest BCUT2D eigenvalue weighted by atomic mass is 16.3. The molecule has 0 saturated carbocycles. The molecule has 0 aliphatic rings. The summed E-state index contributed by atoms with van der Waals surface area (Å²) in [7, 11) is 0. The molecular weight excluding hydrogens is 671 g/mol. The SMILES string of the molecule is c1ccc(-c2nc(-c3ccccc3)nc(-c3ccc(-c4cccc5oc6c(-c7ccc8ccccc8c7)c7ccccc7cc6c45)c4ccccc34)n2)cc1.